The van der Waals surface area contributed by atoms with E-state index in [1.165, 1.54) is 16.9 Å². The zero-order valence-electron chi connectivity index (χ0n) is 16.6. The summed E-state index contributed by atoms with van der Waals surface area (Å²) in [6.07, 6.45) is 3.42. The zero-order chi connectivity index (χ0) is 20.3. The van der Waals surface area contributed by atoms with E-state index in [-0.39, 0.29) is 0 Å². The summed E-state index contributed by atoms with van der Waals surface area (Å²) in [5.41, 5.74) is 1.38. The quantitative estimate of drug-likeness (QED) is 0.686. The van der Waals surface area contributed by atoms with Crippen molar-refractivity contribution in [3.63, 3.8) is 0 Å². The van der Waals surface area contributed by atoms with Gasteiger partial charge in [-0.3, -0.25) is 10.1 Å². The number of aromatic nitrogens is 2. The predicted octanol–water partition coefficient (Wildman–Crippen LogP) is 3.89. The molecular formula is C19H26N4O3S2. The van der Waals surface area contributed by atoms with Crippen LogP contribution in [0.1, 0.15) is 44.6 Å². The van der Waals surface area contributed by atoms with Gasteiger partial charge in [0.2, 0.25) is 5.91 Å². The lowest BCUT2D eigenvalue weighted by Crippen LogP contribution is -2.43. The molecule has 0 radical (unpaired) electrons. The Labute approximate surface area is 173 Å². The molecule has 0 spiro atoms. The minimum Gasteiger partial charge on any atom is -0.410 e. The number of hydrogen-bond acceptors (Lipinski definition) is 7. The Balaban J connectivity index is 1.57. The highest BCUT2D eigenvalue weighted by Crippen LogP contribution is 2.37. The van der Waals surface area contributed by atoms with Gasteiger partial charge in [-0.15, -0.1) is 21.5 Å². The fourth-order valence-corrected chi connectivity index (χ4v) is 4.74. The smallest absolute Gasteiger partial charge is 0.321 e. The topological polar surface area (TPSA) is 97.1 Å². The van der Waals surface area contributed by atoms with E-state index in [1.807, 2.05) is 13.8 Å². The average molecular weight is 423 g/mol. The van der Waals surface area contributed by atoms with Crippen LogP contribution in [-0.2, 0) is 17.6 Å². The predicted molar refractivity (Wildman–Crippen MR) is 110 cm³/mol. The molecule has 2 aromatic heterocycles. The molecule has 28 heavy (non-hydrogen) atoms. The van der Waals surface area contributed by atoms with Crippen molar-refractivity contribution < 1.29 is 14.0 Å². The minimum atomic E-state index is -0.532. The number of urea groups is 1. The van der Waals surface area contributed by atoms with Gasteiger partial charge in [-0.25, -0.2) is 4.79 Å². The van der Waals surface area contributed by atoms with Gasteiger partial charge in [-0.05, 0) is 49.7 Å². The standard InChI is InChI=1S/C19H26N4O3S2/c1-10(2)9-20-18(25)21-16(24)12(4)27-19-23-22-17(26-19)15-8-13-7-11(3)5-6-14(13)28-15/h8,10-12H,5-7,9H2,1-4H3,(H2,20,21,24,25)/t11-,12+/m1/s1. The molecule has 2 heterocycles. The van der Waals surface area contributed by atoms with Gasteiger partial charge in [0, 0.05) is 11.4 Å². The average Bonchev–Trinajstić information content (AvgIpc) is 3.26. The Morgan fingerprint density at radius 2 is 2.14 bits per heavy atom. The summed E-state index contributed by atoms with van der Waals surface area (Å²) in [5, 5.41) is 13.0. The number of amides is 3. The molecule has 2 atom stereocenters. The van der Waals surface area contributed by atoms with Crippen LogP contribution < -0.4 is 10.6 Å². The summed E-state index contributed by atoms with van der Waals surface area (Å²) in [5.74, 6) is 1.11. The maximum Gasteiger partial charge on any atom is 0.321 e. The van der Waals surface area contributed by atoms with Crippen LogP contribution in [-0.4, -0.2) is 33.9 Å². The first-order valence-corrected chi connectivity index (χ1v) is 11.2. The van der Waals surface area contributed by atoms with Crippen LogP contribution in [0.25, 0.3) is 10.8 Å². The molecule has 152 valence electrons. The Morgan fingerprint density at radius 3 is 2.89 bits per heavy atom. The van der Waals surface area contributed by atoms with Gasteiger partial charge >= 0.3 is 6.03 Å². The van der Waals surface area contributed by atoms with E-state index >= 15 is 0 Å². The van der Waals surface area contributed by atoms with Crippen molar-refractivity contribution in [1.82, 2.24) is 20.8 Å². The van der Waals surface area contributed by atoms with Gasteiger partial charge in [0.05, 0.1) is 10.1 Å². The van der Waals surface area contributed by atoms with Gasteiger partial charge in [-0.2, -0.15) is 0 Å². The lowest BCUT2D eigenvalue weighted by atomic mass is 9.90. The number of fused-ring (bicyclic) bond motifs is 1. The number of aryl methyl sites for hydroxylation is 1. The molecule has 2 aromatic rings. The number of imide groups is 1. The van der Waals surface area contributed by atoms with Crippen LogP contribution >= 0.6 is 23.1 Å². The largest absolute Gasteiger partial charge is 0.410 e. The van der Waals surface area contributed by atoms with Crippen LogP contribution in [0.5, 0.6) is 0 Å². The third-order valence-electron chi connectivity index (χ3n) is 4.50. The van der Waals surface area contributed by atoms with Gasteiger partial charge in [0.15, 0.2) is 0 Å². The van der Waals surface area contributed by atoms with Gasteiger partial charge in [-0.1, -0.05) is 32.5 Å². The molecule has 0 aliphatic heterocycles. The first-order valence-electron chi connectivity index (χ1n) is 9.52. The Bertz CT molecular complexity index is 846. The maximum atomic E-state index is 12.2. The molecule has 0 bridgehead atoms. The number of rotatable bonds is 6. The molecule has 2 N–H and O–H groups in total. The molecule has 0 saturated heterocycles. The number of carbonyl (C=O) groups excluding carboxylic acids is 2. The van der Waals surface area contributed by atoms with Gasteiger partial charge in [0.1, 0.15) is 0 Å². The summed E-state index contributed by atoms with van der Waals surface area (Å²) in [4.78, 5) is 26.3. The van der Waals surface area contributed by atoms with Gasteiger partial charge < -0.3 is 9.73 Å². The van der Waals surface area contributed by atoms with Crippen LogP contribution in [0.4, 0.5) is 4.79 Å². The molecule has 0 saturated carbocycles. The van der Waals surface area contributed by atoms with Crippen LogP contribution in [0.2, 0.25) is 0 Å². The molecule has 9 heteroatoms. The normalized spacial score (nSPS) is 17.2. The summed E-state index contributed by atoms with van der Waals surface area (Å²) in [7, 11) is 0. The molecule has 0 unspecified atom stereocenters. The first kappa shape index (κ1) is 20.9. The molecule has 1 aliphatic carbocycles. The second-order valence-corrected chi connectivity index (χ2v) is 10.1. The Morgan fingerprint density at radius 1 is 1.36 bits per heavy atom. The van der Waals surface area contributed by atoms with Crippen molar-refractivity contribution in [3.05, 3.63) is 16.5 Å². The Kier molecular flexibility index (Phi) is 6.77. The third-order valence-corrected chi connectivity index (χ3v) is 6.66. The summed E-state index contributed by atoms with van der Waals surface area (Å²) >= 11 is 2.85. The number of thioether (sulfide) groups is 1. The molecular weight excluding hydrogens is 396 g/mol. The number of nitrogens with one attached hydrogen (secondary N) is 2. The number of hydrogen-bond donors (Lipinski definition) is 2. The highest BCUT2D eigenvalue weighted by atomic mass is 32.2. The van der Waals surface area contributed by atoms with E-state index in [2.05, 4.69) is 33.8 Å². The molecule has 0 aromatic carbocycles. The van der Waals surface area contributed by atoms with Crippen LogP contribution in [0, 0.1) is 11.8 Å². The van der Waals surface area contributed by atoms with Crippen molar-refractivity contribution >= 4 is 35.0 Å². The fourth-order valence-electron chi connectivity index (χ4n) is 2.93. The highest BCUT2D eigenvalue weighted by molar-refractivity contribution is 8.00. The number of carbonyl (C=O) groups is 2. The molecule has 3 amide bonds. The van der Waals surface area contributed by atoms with Crippen molar-refractivity contribution in [2.45, 2.75) is 57.4 Å². The van der Waals surface area contributed by atoms with E-state index < -0.39 is 17.2 Å². The van der Waals surface area contributed by atoms with E-state index in [9.17, 15) is 9.59 Å². The van der Waals surface area contributed by atoms with E-state index in [0.717, 1.165) is 29.5 Å². The maximum absolute atomic E-state index is 12.2. The van der Waals surface area contributed by atoms with E-state index in [4.69, 9.17) is 4.42 Å². The Hall–Kier alpha value is -1.87. The molecule has 1 aliphatic rings. The fraction of sp³-hybridized carbons (Fsp3) is 0.579. The molecule has 3 rings (SSSR count). The second kappa shape index (κ2) is 9.09. The monoisotopic (exact) mass is 422 g/mol. The summed E-state index contributed by atoms with van der Waals surface area (Å²) in [6, 6.07) is 1.66. The zero-order valence-corrected chi connectivity index (χ0v) is 18.2. The number of thiophene rings is 1. The van der Waals surface area contributed by atoms with Crippen LogP contribution in [0.3, 0.4) is 0 Å². The van der Waals surface area contributed by atoms with Crippen LogP contribution in [0.15, 0.2) is 15.7 Å². The lowest BCUT2D eigenvalue weighted by Gasteiger charge is -2.16. The second-order valence-electron chi connectivity index (χ2n) is 7.63. The van der Waals surface area contributed by atoms with Crippen molar-refractivity contribution in [1.29, 1.82) is 0 Å². The summed E-state index contributed by atoms with van der Waals surface area (Å²) < 4.78 is 5.75. The van der Waals surface area contributed by atoms with E-state index in [0.29, 0.717) is 29.5 Å². The van der Waals surface area contributed by atoms with E-state index in [1.54, 1.807) is 18.3 Å². The highest BCUT2D eigenvalue weighted by Gasteiger charge is 2.23. The minimum absolute atomic E-state index is 0.315. The molecule has 7 nitrogen and oxygen atoms in total. The lowest BCUT2D eigenvalue weighted by molar-refractivity contribution is -0.119. The van der Waals surface area contributed by atoms with Crippen molar-refractivity contribution in [2.24, 2.45) is 11.8 Å². The summed E-state index contributed by atoms with van der Waals surface area (Å²) in [6.45, 7) is 8.45. The van der Waals surface area contributed by atoms with Gasteiger partial charge in [0.25, 0.3) is 11.1 Å². The first-order chi connectivity index (χ1) is 13.3. The van der Waals surface area contributed by atoms with Crippen molar-refractivity contribution in [3.8, 4) is 10.8 Å². The van der Waals surface area contributed by atoms with Crippen molar-refractivity contribution in [2.75, 3.05) is 6.54 Å². The molecule has 0 fully saturated rings. The number of nitrogens with zero attached hydrogens (tertiary/aromatic N) is 2. The third kappa shape index (κ3) is 5.35. The SMILES string of the molecule is CC(C)CNC(=O)NC(=O)[C@H](C)Sc1nnc(-c2cc3c(s2)CC[C@@H](C)C3)o1.